The molecule has 1 aromatic rings. The molecule has 0 unspecified atom stereocenters. The number of nitrogens with one attached hydrogen (secondary N) is 2. The van der Waals surface area contributed by atoms with Gasteiger partial charge in [-0.3, -0.25) is 0 Å². The third kappa shape index (κ3) is 6.22. The van der Waals surface area contributed by atoms with Crippen molar-refractivity contribution in [1.29, 1.82) is 0 Å². The summed E-state index contributed by atoms with van der Waals surface area (Å²) in [5.41, 5.74) is 2.47. The molecule has 0 spiro atoms. The fourth-order valence-electron chi connectivity index (χ4n) is 2.99. The molecule has 0 aromatic heterocycles. The fraction of sp³-hybridized carbons (Fsp3) is 0.632. The van der Waals surface area contributed by atoms with E-state index in [1.54, 1.807) is 0 Å². The number of rotatable bonds is 7. The van der Waals surface area contributed by atoms with Gasteiger partial charge >= 0.3 is 0 Å². The monoisotopic (exact) mass is 317 g/mol. The number of nitrogens with zero attached hydrogens (tertiary/aromatic N) is 1. The standard InChI is InChI=1S/C19H31N3O/c1-3-20-19(22-18-12-6-5-7-13-18)21-14-16-10-8-9-11-17(16)15-23-4-2/h8-11,18H,3-7,12-15H2,1-2H3,(H2,20,21,22). The molecule has 0 aliphatic heterocycles. The first kappa shape index (κ1) is 17.8. The van der Waals surface area contributed by atoms with E-state index in [4.69, 9.17) is 9.73 Å². The number of hydrogen-bond acceptors (Lipinski definition) is 2. The number of guanidine groups is 1. The SMILES string of the molecule is CCNC(=NCc1ccccc1COCC)NC1CCCCC1. The van der Waals surface area contributed by atoms with E-state index in [1.807, 2.05) is 6.92 Å². The van der Waals surface area contributed by atoms with E-state index in [0.717, 1.165) is 19.1 Å². The van der Waals surface area contributed by atoms with Crippen molar-refractivity contribution in [2.45, 2.75) is 65.1 Å². The van der Waals surface area contributed by atoms with Gasteiger partial charge in [-0.05, 0) is 37.8 Å². The summed E-state index contributed by atoms with van der Waals surface area (Å²) < 4.78 is 5.56. The van der Waals surface area contributed by atoms with Gasteiger partial charge in [0, 0.05) is 19.2 Å². The Balaban J connectivity index is 1.98. The highest BCUT2D eigenvalue weighted by atomic mass is 16.5. The lowest BCUT2D eigenvalue weighted by atomic mass is 9.96. The van der Waals surface area contributed by atoms with E-state index in [2.05, 4.69) is 41.8 Å². The van der Waals surface area contributed by atoms with Crippen LogP contribution in [0.2, 0.25) is 0 Å². The molecule has 1 saturated carbocycles. The summed E-state index contributed by atoms with van der Waals surface area (Å²) in [4.78, 5) is 4.79. The minimum atomic E-state index is 0.570. The number of aliphatic imine (C=N–C) groups is 1. The van der Waals surface area contributed by atoms with Crippen molar-refractivity contribution in [2.75, 3.05) is 13.2 Å². The van der Waals surface area contributed by atoms with E-state index in [9.17, 15) is 0 Å². The van der Waals surface area contributed by atoms with Crippen molar-refractivity contribution >= 4 is 5.96 Å². The molecule has 128 valence electrons. The summed E-state index contributed by atoms with van der Waals surface area (Å²) in [6.45, 7) is 7.11. The Morgan fingerprint density at radius 1 is 1.13 bits per heavy atom. The van der Waals surface area contributed by atoms with Gasteiger partial charge in [0.2, 0.25) is 0 Å². The lowest BCUT2D eigenvalue weighted by molar-refractivity contribution is 0.133. The molecule has 0 amide bonds. The summed E-state index contributed by atoms with van der Waals surface area (Å²) in [6.07, 6.45) is 6.54. The van der Waals surface area contributed by atoms with Gasteiger partial charge in [0.1, 0.15) is 0 Å². The zero-order valence-corrected chi connectivity index (χ0v) is 14.6. The van der Waals surface area contributed by atoms with Crippen molar-refractivity contribution in [3.05, 3.63) is 35.4 Å². The van der Waals surface area contributed by atoms with E-state index in [0.29, 0.717) is 19.2 Å². The summed E-state index contributed by atoms with van der Waals surface area (Å²) in [5.74, 6) is 0.936. The van der Waals surface area contributed by atoms with Crippen molar-refractivity contribution in [3.8, 4) is 0 Å². The number of ether oxygens (including phenoxy) is 1. The zero-order valence-electron chi connectivity index (χ0n) is 14.6. The first-order valence-electron chi connectivity index (χ1n) is 9.02. The van der Waals surface area contributed by atoms with Crippen LogP contribution >= 0.6 is 0 Å². The van der Waals surface area contributed by atoms with Crippen LogP contribution in [0.15, 0.2) is 29.3 Å². The summed E-state index contributed by atoms with van der Waals surface area (Å²) in [6, 6.07) is 8.97. The van der Waals surface area contributed by atoms with Crippen LogP contribution in [-0.2, 0) is 17.9 Å². The lowest BCUT2D eigenvalue weighted by Crippen LogP contribution is -2.44. The Morgan fingerprint density at radius 2 is 1.87 bits per heavy atom. The van der Waals surface area contributed by atoms with Gasteiger partial charge in [0.25, 0.3) is 0 Å². The van der Waals surface area contributed by atoms with Crippen molar-refractivity contribution in [1.82, 2.24) is 10.6 Å². The third-order valence-electron chi connectivity index (χ3n) is 4.28. The Hall–Kier alpha value is -1.55. The van der Waals surface area contributed by atoms with Crippen LogP contribution in [0.3, 0.4) is 0 Å². The molecule has 2 rings (SSSR count). The Morgan fingerprint density at radius 3 is 2.57 bits per heavy atom. The van der Waals surface area contributed by atoms with Crippen LogP contribution in [0.25, 0.3) is 0 Å². The quantitative estimate of drug-likeness (QED) is 0.596. The molecule has 0 bridgehead atoms. The number of benzene rings is 1. The molecular weight excluding hydrogens is 286 g/mol. The van der Waals surface area contributed by atoms with Gasteiger partial charge in [-0.2, -0.15) is 0 Å². The van der Waals surface area contributed by atoms with E-state index >= 15 is 0 Å². The molecule has 1 aliphatic carbocycles. The summed E-state index contributed by atoms with van der Waals surface area (Å²) >= 11 is 0. The first-order chi connectivity index (χ1) is 11.3. The summed E-state index contributed by atoms with van der Waals surface area (Å²) in [7, 11) is 0. The van der Waals surface area contributed by atoms with Crippen LogP contribution in [-0.4, -0.2) is 25.2 Å². The maximum absolute atomic E-state index is 5.56. The van der Waals surface area contributed by atoms with Crippen LogP contribution in [0.4, 0.5) is 0 Å². The predicted molar refractivity (Wildman–Crippen MR) is 96.6 cm³/mol. The smallest absolute Gasteiger partial charge is 0.191 e. The molecule has 1 fully saturated rings. The van der Waals surface area contributed by atoms with Crippen molar-refractivity contribution in [3.63, 3.8) is 0 Å². The molecule has 0 radical (unpaired) electrons. The van der Waals surface area contributed by atoms with Gasteiger partial charge in [-0.15, -0.1) is 0 Å². The highest BCUT2D eigenvalue weighted by Crippen LogP contribution is 2.17. The Kier molecular flexibility index (Phi) is 7.95. The van der Waals surface area contributed by atoms with Crippen LogP contribution in [0.1, 0.15) is 57.1 Å². The van der Waals surface area contributed by atoms with Crippen LogP contribution in [0.5, 0.6) is 0 Å². The second-order valence-electron chi connectivity index (χ2n) is 6.08. The average Bonchev–Trinajstić information content (AvgIpc) is 2.59. The third-order valence-corrected chi connectivity index (χ3v) is 4.28. The van der Waals surface area contributed by atoms with Gasteiger partial charge < -0.3 is 15.4 Å². The van der Waals surface area contributed by atoms with Crippen LogP contribution < -0.4 is 10.6 Å². The topological polar surface area (TPSA) is 45.7 Å². The summed E-state index contributed by atoms with van der Waals surface area (Å²) in [5, 5.41) is 6.97. The molecule has 4 nitrogen and oxygen atoms in total. The minimum absolute atomic E-state index is 0.570. The average molecular weight is 317 g/mol. The predicted octanol–water partition coefficient (Wildman–Crippen LogP) is 3.61. The molecular formula is C19H31N3O. The van der Waals surface area contributed by atoms with Gasteiger partial charge in [-0.1, -0.05) is 43.5 Å². The largest absolute Gasteiger partial charge is 0.377 e. The highest BCUT2D eigenvalue weighted by Gasteiger charge is 2.14. The molecule has 0 atom stereocenters. The fourth-order valence-corrected chi connectivity index (χ4v) is 2.99. The van der Waals surface area contributed by atoms with Crippen molar-refractivity contribution < 1.29 is 4.74 Å². The second-order valence-corrected chi connectivity index (χ2v) is 6.08. The maximum atomic E-state index is 5.56. The zero-order chi connectivity index (χ0) is 16.3. The van der Waals surface area contributed by atoms with E-state index < -0.39 is 0 Å². The Labute approximate surface area is 140 Å². The molecule has 0 saturated heterocycles. The maximum Gasteiger partial charge on any atom is 0.191 e. The van der Waals surface area contributed by atoms with Crippen molar-refractivity contribution in [2.24, 2.45) is 4.99 Å². The molecule has 4 heteroatoms. The van der Waals surface area contributed by atoms with Gasteiger partial charge in [0.15, 0.2) is 5.96 Å². The second kappa shape index (κ2) is 10.3. The van der Waals surface area contributed by atoms with Gasteiger partial charge in [-0.25, -0.2) is 4.99 Å². The minimum Gasteiger partial charge on any atom is -0.377 e. The van der Waals surface area contributed by atoms with Crippen LogP contribution in [0, 0.1) is 0 Å². The normalized spacial score (nSPS) is 16.3. The van der Waals surface area contributed by atoms with E-state index in [-0.39, 0.29) is 0 Å². The lowest BCUT2D eigenvalue weighted by Gasteiger charge is -2.25. The molecule has 23 heavy (non-hydrogen) atoms. The molecule has 0 heterocycles. The molecule has 1 aromatic carbocycles. The van der Waals surface area contributed by atoms with Gasteiger partial charge in [0.05, 0.1) is 13.2 Å². The molecule has 2 N–H and O–H groups in total. The molecule has 1 aliphatic rings. The Bertz CT molecular complexity index is 481. The highest BCUT2D eigenvalue weighted by molar-refractivity contribution is 5.80. The number of hydrogen-bond donors (Lipinski definition) is 2. The first-order valence-corrected chi connectivity index (χ1v) is 9.02. The van der Waals surface area contributed by atoms with E-state index in [1.165, 1.54) is 43.2 Å².